The average molecular weight is 1720 g/mol. The van der Waals surface area contributed by atoms with Gasteiger partial charge in [0.05, 0.1) is 25.4 Å². The molecule has 40 nitrogen and oxygen atoms in total. The van der Waals surface area contributed by atoms with Crippen LogP contribution in [0.15, 0.2) is 97.2 Å². The van der Waals surface area contributed by atoms with Gasteiger partial charge in [-0.2, -0.15) is 25.3 Å². The minimum atomic E-state index is -2.05. The Kier molecular flexibility index (Phi) is 36.7. The summed E-state index contributed by atoms with van der Waals surface area (Å²) < 4.78 is -2.91. The molecule has 12 atom stereocenters. The highest BCUT2D eigenvalue weighted by Crippen LogP contribution is 2.24. The molecule has 27 N–H and O–H groups in total. The fraction of sp³-hybridized carbons (Fsp3) is 0.456. The van der Waals surface area contributed by atoms with Crippen LogP contribution in [0, 0.1) is 0 Å². The number of nitrogens with one attached hydrogen (secondary N) is 14. The van der Waals surface area contributed by atoms with Gasteiger partial charge in [0.2, 0.25) is 112 Å². The zero-order valence-corrected chi connectivity index (χ0v) is 70.0. The number of carbonyl (C=O) groups is 19. The lowest BCUT2D eigenvalue weighted by Crippen LogP contribution is -2.64. The zero-order valence-electron chi connectivity index (χ0n) is 68.2. The van der Waals surface area contributed by atoms with E-state index in [9.17, 15) is 72.2 Å². The number of hydrogen-bond acceptors (Lipinski definition) is 22. The normalized spacial score (nSPS) is 14.4. The number of unbranched alkanes of at least 4 members (excludes halogenated alkanes) is 1. The van der Waals surface area contributed by atoms with E-state index in [-0.39, 0.29) is 49.3 Å². The van der Waals surface area contributed by atoms with Crippen molar-refractivity contribution in [3.63, 3.8) is 0 Å². The fourth-order valence-corrected chi connectivity index (χ4v) is 12.8. The number of carbonyl (C=O) groups excluding carboxylic acids is 19. The number of aliphatic hydroxyl groups excluding tert-OH is 1. The van der Waals surface area contributed by atoms with Gasteiger partial charge in [0, 0.05) is 78.2 Å². The molecule has 1 aromatic heterocycles. The molecule has 5 aromatic rings. The van der Waals surface area contributed by atoms with E-state index in [1.165, 1.54) is 78.9 Å². The molecule has 0 aliphatic heterocycles. The van der Waals surface area contributed by atoms with Crippen LogP contribution in [0.25, 0.3) is 21.7 Å². The molecule has 4 aromatic carbocycles. The number of fused-ring (bicyclic) bond motifs is 2. The number of amides is 19. The van der Waals surface area contributed by atoms with Gasteiger partial charge in [0.25, 0.3) is 0 Å². The second-order valence-electron chi connectivity index (χ2n) is 30.8. The largest absolute Gasteiger partial charge is 0.391 e. The predicted octanol–water partition coefficient (Wildman–Crippen LogP) is -4.82. The Bertz CT molecular complexity index is 4700. The smallest absolute Gasteiger partial charge is 0.248 e. The Morgan fingerprint density at radius 3 is 1.42 bits per heavy atom. The van der Waals surface area contributed by atoms with E-state index in [2.05, 4.69) is 86.7 Å². The Morgan fingerprint density at radius 2 is 0.876 bits per heavy atom. The SMILES string of the molecule is CC(=O)NCCCC[C@H](NC(=O)C(C)(C)NC(=O)[C@H](Cc1ccc2ccccc2c1)NC(=O)[C@H](Cc1ccc(C(N)=O)cc1)NC(=O)[C@@H](NC(=O)[C@H](CCC(N)=O)NC(=O)[C@H](Cc1c[nH]c2ccccc12)NC(=O)[C@@H](NC(=O)[C@H](CC(N)=O)NC(=O)[C@@H](NC(C)=O)C(C)(C)S)[C@@H](C)O)C(C)(C)S)C(=O)N[C@@H](CC(N)=O)C(=O)N[C@@H](CC(N)=O)C(N)=O. The van der Waals surface area contributed by atoms with Crippen LogP contribution in [-0.2, 0) is 106 Å². The molecule has 19 amide bonds. The lowest BCUT2D eigenvalue weighted by molar-refractivity contribution is -0.138. The second kappa shape index (κ2) is 44.9. The second-order valence-corrected chi connectivity index (χ2v) is 33.1. The van der Waals surface area contributed by atoms with Crippen molar-refractivity contribution in [1.82, 2.24) is 74.1 Å². The molecule has 0 bridgehead atoms. The Labute approximate surface area is 707 Å². The number of hydrogen-bond donors (Lipinski definition) is 23. The van der Waals surface area contributed by atoms with Crippen LogP contribution < -0.4 is 104 Å². The van der Waals surface area contributed by atoms with Crippen molar-refractivity contribution in [2.24, 2.45) is 34.4 Å². The summed E-state index contributed by atoms with van der Waals surface area (Å²) in [6, 6.07) is 5.24. The van der Waals surface area contributed by atoms with Crippen molar-refractivity contribution in [3.05, 3.63) is 119 Å². The summed E-state index contributed by atoms with van der Waals surface area (Å²) in [4.78, 5) is 261. The number of aliphatic hydroxyl groups is 1. The number of thiol groups is 2. The highest BCUT2D eigenvalue weighted by atomic mass is 32.1. The summed E-state index contributed by atoms with van der Waals surface area (Å²) in [6.07, 6.45) is -5.05. The summed E-state index contributed by atoms with van der Waals surface area (Å²) in [5.74, 6) is -19.8. The number of primary amides is 6. The number of aromatic amines is 1. The first-order valence-corrected chi connectivity index (χ1v) is 39.2. The first kappa shape index (κ1) is 98.8. The van der Waals surface area contributed by atoms with E-state index in [1.54, 1.807) is 60.7 Å². The van der Waals surface area contributed by atoms with E-state index in [1.807, 2.05) is 6.07 Å². The molecule has 5 rings (SSSR count). The minimum absolute atomic E-state index is 0.0385. The third kappa shape index (κ3) is 31.8. The van der Waals surface area contributed by atoms with Crippen molar-refractivity contribution >= 4 is 159 Å². The topological polar surface area (TPSA) is 673 Å². The maximum atomic E-state index is 15.4. The van der Waals surface area contributed by atoms with Crippen LogP contribution in [0.2, 0.25) is 0 Å². The first-order chi connectivity index (χ1) is 56.4. The van der Waals surface area contributed by atoms with E-state index >= 15 is 24.0 Å². The Balaban J connectivity index is 1.53. The zero-order chi connectivity index (χ0) is 90.7. The molecule has 121 heavy (non-hydrogen) atoms. The molecule has 0 radical (unpaired) electrons. The van der Waals surface area contributed by atoms with E-state index in [0.717, 1.165) is 19.2 Å². The molecule has 42 heteroatoms. The number of rotatable bonds is 48. The third-order valence-corrected chi connectivity index (χ3v) is 19.5. The standard InChI is InChI=1S/C79H108N20O20S2/c1-38(100)61(97-71(114)56(36-60(83)106)95-74(117)62(78(6,7)120)88-40(3)102)73(116)93-54(33-46-37-87-48-19-13-12-18-47(46)48)69(112)89-50(27-28-57(80)103)67(110)98-63(79(8,9)121)75(118)94-52(31-41-21-25-44(26-22-41)64(84)107)68(111)91-53(32-42-23-24-43-16-10-11-17-45(43)30-42)72(115)99-77(4,5)76(119)96-49(20-14-15-29-86-39(2)101)66(109)92-55(35-59(82)105)70(113)90-51(65(85)108)34-58(81)104/h10-13,16-19,21-26,30,37-38,49-56,61-63,87,100,120-121H,14-15,20,27-29,31-36H2,1-9H3,(H2,80,103)(H2,81,104)(H2,82,105)(H2,83,106)(H2,84,107)(H2,85,108)(H,86,101)(H,88,102)(H,89,112)(H,90,113)(H,91,111)(H,92,109)(H,93,116)(H,94,118)(H,95,117)(H,96,119)(H,97,114)(H,98,110)(H,99,115)/t38-,49+,50+,51+,52+,53+,54+,55+,56+,61+,62-,63-/m1/s1. The number of para-hydroxylation sites is 1. The van der Waals surface area contributed by atoms with Crippen LogP contribution >= 0.6 is 25.3 Å². The first-order valence-electron chi connectivity index (χ1n) is 38.3. The van der Waals surface area contributed by atoms with Gasteiger partial charge < -0.3 is 114 Å². The van der Waals surface area contributed by atoms with Gasteiger partial charge in [0.1, 0.15) is 72.0 Å². The molecule has 0 aliphatic rings. The molecule has 0 aliphatic carbocycles. The van der Waals surface area contributed by atoms with Crippen LogP contribution in [-0.4, -0.2) is 216 Å². The van der Waals surface area contributed by atoms with Gasteiger partial charge in [-0.25, -0.2) is 0 Å². The number of benzene rings is 4. The van der Waals surface area contributed by atoms with Gasteiger partial charge in [-0.15, -0.1) is 0 Å². The van der Waals surface area contributed by atoms with Gasteiger partial charge in [-0.1, -0.05) is 72.8 Å². The average Bonchev–Trinajstić information content (AvgIpc) is 1.81. The highest BCUT2D eigenvalue weighted by molar-refractivity contribution is 7.82. The molecular weight excluding hydrogens is 1610 g/mol. The lowest BCUT2D eigenvalue weighted by atomic mass is 9.97. The van der Waals surface area contributed by atoms with Gasteiger partial charge in [-0.3, -0.25) is 91.1 Å². The predicted molar refractivity (Wildman–Crippen MR) is 447 cm³/mol. The van der Waals surface area contributed by atoms with Gasteiger partial charge in [-0.05, 0) is 120 Å². The van der Waals surface area contributed by atoms with Crippen LogP contribution in [0.3, 0.4) is 0 Å². The van der Waals surface area contributed by atoms with Crippen molar-refractivity contribution in [2.45, 2.75) is 221 Å². The lowest BCUT2D eigenvalue weighted by Gasteiger charge is -2.33. The molecule has 656 valence electrons. The summed E-state index contributed by atoms with van der Waals surface area (Å²) in [5, 5.41) is 45.3. The van der Waals surface area contributed by atoms with Gasteiger partial charge >= 0.3 is 0 Å². The summed E-state index contributed by atoms with van der Waals surface area (Å²) >= 11 is 9.09. The van der Waals surface area contributed by atoms with Crippen molar-refractivity contribution < 1.29 is 96.2 Å². The van der Waals surface area contributed by atoms with Crippen molar-refractivity contribution in [3.8, 4) is 0 Å². The third-order valence-electron chi connectivity index (χ3n) is 18.9. The quantitative estimate of drug-likeness (QED) is 0.0128. The van der Waals surface area contributed by atoms with Crippen LogP contribution in [0.5, 0.6) is 0 Å². The molecule has 0 fully saturated rings. The van der Waals surface area contributed by atoms with E-state index in [4.69, 9.17) is 47.0 Å². The number of aromatic nitrogens is 1. The molecule has 0 unspecified atom stereocenters. The monoisotopic (exact) mass is 1720 g/mol. The van der Waals surface area contributed by atoms with Crippen molar-refractivity contribution in [1.29, 1.82) is 0 Å². The van der Waals surface area contributed by atoms with Crippen molar-refractivity contribution in [2.75, 3.05) is 6.54 Å². The number of nitrogens with two attached hydrogens (primary N) is 6. The van der Waals surface area contributed by atoms with Crippen LogP contribution in [0.4, 0.5) is 0 Å². The van der Waals surface area contributed by atoms with Crippen LogP contribution in [0.1, 0.15) is 141 Å². The van der Waals surface area contributed by atoms with Gasteiger partial charge in [0.15, 0.2) is 0 Å². The molecule has 0 spiro atoms. The summed E-state index contributed by atoms with van der Waals surface area (Å²) in [7, 11) is 0. The molecule has 0 saturated heterocycles. The summed E-state index contributed by atoms with van der Waals surface area (Å²) in [6.45, 7) is 11.8. The highest BCUT2D eigenvalue weighted by Gasteiger charge is 2.43. The molecule has 1 heterocycles. The maximum absolute atomic E-state index is 15.4. The molecular formula is C79H108N20O20S2. The van der Waals surface area contributed by atoms with E-state index < -0.39 is 239 Å². The Hall–Kier alpha value is -12.7. The fourth-order valence-electron chi connectivity index (χ4n) is 12.5. The number of H-pyrrole nitrogens is 1. The molecule has 0 saturated carbocycles. The maximum Gasteiger partial charge on any atom is 0.248 e. The Morgan fingerprint density at radius 1 is 0.430 bits per heavy atom. The summed E-state index contributed by atoms with van der Waals surface area (Å²) in [5.41, 5.74) is 32.4. The van der Waals surface area contributed by atoms with E-state index in [0.29, 0.717) is 27.4 Å². The minimum Gasteiger partial charge on any atom is -0.391 e.